The van der Waals surface area contributed by atoms with E-state index in [9.17, 15) is 0 Å². The second-order valence-corrected chi connectivity index (χ2v) is 2.09. The predicted molar refractivity (Wildman–Crippen MR) is 41.2 cm³/mol. The van der Waals surface area contributed by atoms with E-state index in [1.807, 2.05) is 0 Å². The van der Waals surface area contributed by atoms with E-state index in [1.54, 1.807) is 13.8 Å². The van der Waals surface area contributed by atoms with E-state index in [-0.39, 0.29) is 6.04 Å². The van der Waals surface area contributed by atoms with Gasteiger partial charge in [-0.2, -0.15) is 5.90 Å². The Labute approximate surface area is 60.5 Å². The molecule has 0 aromatic heterocycles. The van der Waals surface area contributed by atoms with Crippen LogP contribution in [0.2, 0.25) is 0 Å². The molecule has 1 unspecified atom stereocenters. The molecule has 58 valence electrons. The van der Waals surface area contributed by atoms with Crippen LogP contribution in [-0.4, -0.2) is 11.9 Å². The molecule has 0 aromatic carbocycles. The third kappa shape index (κ3) is 3.21. The summed E-state index contributed by atoms with van der Waals surface area (Å²) in [4.78, 5) is 8.23. The van der Waals surface area contributed by atoms with Gasteiger partial charge in [-0.15, -0.1) is 0 Å². The molecule has 0 aliphatic carbocycles. The molecule has 0 bridgehead atoms. The van der Waals surface area contributed by atoms with Gasteiger partial charge in [-0.3, -0.25) is 0 Å². The summed E-state index contributed by atoms with van der Waals surface area (Å²) < 4.78 is 0. The van der Waals surface area contributed by atoms with Gasteiger partial charge in [0.25, 0.3) is 0 Å². The normalized spacial score (nSPS) is 14.6. The first kappa shape index (κ1) is 9.13. The van der Waals surface area contributed by atoms with E-state index < -0.39 is 0 Å². The minimum absolute atomic E-state index is 0.290. The summed E-state index contributed by atoms with van der Waals surface area (Å²) in [6.45, 7) is 7.01. The zero-order valence-electron chi connectivity index (χ0n) is 6.29. The summed E-state index contributed by atoms with van der Waals surface area (Å²) in [6, 6.07) is -0.290. The van der Waals surface area contributed by atoms with Crippen molar-refractivity contribution < 1.29 is 4.84 Å². The fraction of sp³-hybridized carbons (Fsp3) is 0.500. The second-order valence-electron chi connectivity index (χ2n) is 2.09. The Morgan fingerprint density at radius 1 is 1.70 bits per heavy atom. The van der Waals surface area contributed by atoms with Crippen molar-refractivity contribution in [1.29, 1.82) is 0 Å². The fourth-order valence-corrected chi connectivity index (χ4v) is 0.424. The van der Waals surface area contributed by atoms with Gasteiger partial charge in [0.2, 0.25) is 5.90 Å². The summed E-state index contributed by atoms with van der Waals surface area (Å²) in [5.41, 5.74) is 6.04. The zero-order valence-corrected chi connectivity index (χ0v) is 6.29. The molecule has 0 amide bonds. The maximum atomic E-state index is 5.42. The summed E-state index contributed by atoms with van der Waals surface area (Å²) in [5.74, 6) is 5.17. The monoisotopic (exact) mass is 143 g/mol. The molecule has 10 heavy (non-hydrogen) atoms. The molecule has 0 rings (SSSR count). The zero-order chi connectivity index (χ0) is 8.15. The average molecular weight is 143 g/mol. The Morgan fingerprint density at radius 2 is 2.20 bits per heavy atom. The van der Waals surface area contributed by atoms with Crippen LogP contribution in [0.15, 0.2) is 17.3 Å². The van der Waals surface area contributed by atoms with Crippen LogP contribution in [0, 0.1) is 0 Å². The lowest BCUT2D eigenvalue weighted by atomic mass is 10.3. The average Bonchev–Trinajstić information content (AvgIpc) is 1.81. The lowest BCUT2D eigenvalue weighted by Crippen LogP contribution is -2.31. The van der Waals surface area contributed by atoms with Gasteiger partial charge in [0.1, 0.15) is 0 Å². The summed E-state index contributed by atoms with van der Waals surface area (Å²) in [7, 11) is 0. The highest BCUT2D eigenvalue weighted by Crippen LogP contribution is 1.92. The molecule has 0 spiro atoms. The Morgan fingerprint density at radius 3 is 2.30 bits per heavy atom. The number of nitrogens with two attached hydrogens (primary N) is 2. The van der Waals surface area contributed by atoms with Crippen molar-refractivity contribution in [2.24, 2.45) is 16.6 Å². The fourth-order valence-electron chi connectivity index (χ4n) is 0.424. The van der Waals surface area contributed by atoms with Gasteiger partial charge in [0.05, 0.1) is 6.04 Å². The Bertz CT molecular complexity index is 151. The molecule has 0 saturated carbocycles. The van der Waals surface area contributed by atoms with Crippen molar-refractivity contribution in [2.75, 3.05) is 0 Å². The molecule has 4 N–H and O–H groups in total. The summed E-state index contributed by atoms with van der Waals surface area (Å²) in [5, 5.41) is 0. The van der Waals surface area contributed by atoms with Gasteiger partial charge >= 0.3 is 0 Å². The molecule has 4 heteroatoms. The highest BCUT2D eigenvalue weighted by molar-refractivity contribution is 5.81. The number of rotatable bonds is 2. The van der Waals surface area contributed by atoms with E-state index in [1.165, 1.54) is 0 Å². The molecule has 4 nitrogen and oxygen atoms in total. The molecule has 0 aliphatic heterocycles. The quantitative estimate of drug-likeness (QED) is 0.328. The van der Waals surface area contributed by atoms with Crippen LogP contribution in [0.1, 0.15) is 13.8 Å². The van der Waals surface area contributed by atoms with Gasteiger partial charge < -0.3 is 10.6 Å². The van der Waals surface area contributed by atoms with Gasteiger partial charge in [-0.1, -0.05) is 6.58 Å². The van der Waals surface area contributed by atoms with Crippen LogP contribution in [0.3, 0.4) is 0 Å². The molecule has 0 fully saturated rings. The number of nitrogens with zero attached hydrogens (tertiary/aromatic N) is 1. The van der Waals surface area contributed by atoms with E-state index in [2.05, 4.69) is 16.4 Å². The summed E-state index contributed by atoms with van der Waals surface area (Å²) in [6.07, 6.45) is 0. The lowest BCUT2D eigenvalue weighted by molar-refractivity contribution is 0.306. The first-order chi connectivity index (χ1) is 4.57. The number of hydrogen-bond donors (Lipinski definition) is 2. The van der Waals surface area contributed by atoms with Crippen molar-refractivity contribution in [1.82, 2.24) is 0 Å². The smallest absolute Gasteiger partial charge is 0.230 e. The number of hydrogen-bond acceptors (Lipinski definition) is 4. The molecular formula is C6H13N3O. The molecule has 0 saturated heterocycles. The van der Waals surface area contributed by atoms with Gasteiger partial charge in [0, 0.05) is 5.70 Å². The summed E-state index contributed by atoms with van der Waals surface area (Å²) >= 11 is 0. The van der Waals surface area contributed by atoms with Crippen molar-refractivity contribution in [2.45, 2.75) is 19.9 Å². The highest BCUT2D eigenvalue weighted by Gasteiger charge is 2.04. The van der Waals surface area contributed by atoms with Crippen molar-refractivity contribution in [3.63, 3.8) is 0 Å². The topological polar surface area (TPSA) is 73.6 Å². The third-order valence-corrected chi connectivity index (χ3v) is 0.811. The van der Waals surface area contributed by atoms with E-state index in [0.717, 1.165) is 0 Å². The van der Waals surface area contributed by atoms with Crippen molar-refractivity contribution in [3.05, 3.63) is 12.3 Å². The maximum absolute atomic E-state index is 5.42. The first-order valence-corrected chi connectivity index (χ1v) is 2.94. The third-order valence-electron chi connectivity index (χ3n) is 0.811. The van der Waals surface area contributed by atoms with Crippen molar-refractivity contribution in [3.8, 4) is 0 Å². The Kier molecular flexibility index (Phi) is 3.68. The minimum atomic E-state index is -0.290. The van der Waals surface area contributed by atoms with Crippen LogP contribution >= 0.6 is 0 Å². The van der Waals surface area contributed by atoms with E-state index in [0.29, 0.717) is 11.6 Å². The molecular weight excluding hydrogens is 130 g/mol. The van der Waals surface area contributed by atoms with Crippen LogP contribution in [0.5, 0.6) is 0 Å². The van der Waals surface area contributed by atoms with Crippen LogP contribution in [0.25, 0.3) is 0 Å². The van der Waals surface area contributed by atoms with Gasteiger partial charge in [-0.25, -0.2) is 4.99 Å². The standard InChI is InChI=1S/C6H13N3O/c1-4(2)9-6(10-8)5(3)7/h5H,1,7-8H2,2-3H3/b9-6-. The molecule has 1 atom stereocenters. The Hall–Kier alpha value is -0.870. The predicted octanol–water partition coefficient (Wildman–Crippen LogP) is 0.156. The molecule has 0 heterocycles. The molecule has 0 aliphatic rings. The van der Waals surface area contributed by atoms with Crippen molar-refractivity contribution >= 4 is 5.90 Å². The van der Waals surface area contributed by atoms with E-state index in [4.69, 9.17) is 11.6 Å². The van der Waals surface area contributed by atoms with Crippen LogP contribution < -0.4 is 11.6 Å². The number of aliphatic imine (C=N–C) groups is 1. The van der Waals surface area contributed by atoms with Gasteiger partial charge in [0.15, 0.2) is 0 Å². The number of allylic oxidation sites excluding steroid dienone is 1. The second kappa shape index (κ2) is 4.03. The SMILES string of the molecule is C=C(C)/N=C(\ON)C(C)N. The van der Waals surface area contributed by atoms with Crippen LogP contribution in [0.4, 0.5) is 0 Å². The lowest BCUT2D eigenvalue weighted by Gasteiger charge is -2.05. The molecule has 0 radical (unpaired) electrons. The minimum Gasteiger partial charge on any atom is -0.394 e. The largest absolute Gasteiger partial charge is 0.394 e. The van der Waals surface area contributed by atoms with Gasteiger partial charge in [-0.05, 0) is 13.8 Å². The maximum Gasteiger partial charge on any atom is 0.230 e. The Balaban J connectivity index is 4.18. The first-order valence-electron chi connectivity index (χ1n) is 2.94. The highest BCUT2D eigenvalue weighted by atomic mass is 16.6. The van der Waals surface area contributed by atoms with E-state index >= 15 is 0 Å². The molecule has 0 aromatic rings. The van der Waals surface area contributed by atoms with Crippen LogP contribution in [-0.2, 0) is 4.84 Å².